The largest absolute Gasteiger partial charge is 0.269 e. The van der Waals surface area contributed by atoms with Crippen molar-refractivity contribution in [3.8, 4) is 0 Å². The van der Waals surface area contributed by atoms with Gasteiger partial charge in [0.15, 0.2) is 0 Å². The summed E-state index contributed by atoms with van der Waals surface area (Å²) in [5.74, 6) is -0.198. The molecule has 0 aromatic heterocycles. The first-order chi connectivity index (χ1) is 11.4. The fraction of sp³-hybridized carbons (Fsp3) is 0.294. The first-order valence-electron chi connectivity index (χ1n) is 7.74. The lowest BCUT2D eigenvalue weighted by Crippen LogP contribution is -2.24. The van der Waals surface area contributed by atoms with Crippen LogP contribution in [0.25, 0.3) is 0 Å². The van der Waals surface area contributed by atoms with Gasteiger partial charge in [0.1, 0.15) is 0 Å². The number of rotatable bonds is 6. The Morgan fingerprint density at radius 2 is 1.67 bits per heavy atom. The third kappa shape index (κ3) is 3.98. The number of sulfonamides is 1. The zero-order valence-corrected chi connectivity index (χ0v) is 13.9. The molecule has 0 heterocycles. The number of aryl methyl sites for hydroxylation is 2. The van der Waals surface area contributed by atoms with E-state index in [4.69, 9.17) is 0 Å². The summed E-state index contributed by atoms with van der Waals surface area (Å²) >= 11 is 0. The van der Waals surface area contributed by atoms with E-state index in [0.717, 1.165) is 24.8 Å². The van der Waals surface area contributed by atoms with E-state index < -0.39 is 14.9 Å². The Morgan fingerprint density at radius 1 is 1.00 bits per heavy atom. The van der Waals surface area contributed by atoms with Gasteiger partial charge >= 0.3 is 0 Å². The van der Waals surface area contributed by atoms with Gasteiger partial charge in [-0.2, -0.15) is 0 Å². The molecule has 1 N–H and O–H groups in total. The predicted molar refractivity (Wildman–Crippen MR) is 91.0 cm³/mol. The maximum Gasteiger partial charge on any atom is 0.269 e. The van der Waals surface area contributed by atoms with Gasteiger partial charge in [-0.25, -0.2) is 13.1 Å². The van der Waals surface area contributed by atoms with Crippen LogP contribution in [0, 0.1) is 10.1 Å². The number of hydrogen-bond donors (Lipinski definition) is 1. The van der Waals surface area contributed by atoms with E-state index in [9.17, 15) is 18.5 Å². The van der Waals surface area contributed by atoms with Crippen LogP contribution < -0.4 is 4.72 Å². The van der Waals surface area contributed by atoms with Crippen molar-refractivity contribution >= 4 is 15.7 Å². The van der Waals surface area contributed by atoms with E-state index in [0.29, 0.717) is 5.56 Å². The van der Waals surface area contributed by atoms with E-state index in [1.54, 1.807) is 0 Å². The van der Waals surface area contributed by atoms with Crippen LogP contribution in [-0.2, 0) is 35.2 Å². The second kappa shape index (κ2) is 6.70. The minimum Gasteiger partial charge on any atom is -0.258 e. The Balaban J connectivity index is 1.62. The molecule has 0 amide bonds. The highest BCUT2D eigenvalue weighted by atomic mass is 32.2. The molecule has 24 heavy (non-hydrogen) atoms. The Bertz CT molecular complexity index is 861. The lowest BCUT2D eigenvalue weighted by molar-refractivity contribution is -0.384. The molecular formula is C17H18N2O4S. The summed E-state index contributed by atoms with van der Waals surface area (Å²) in [5.41, 5.74) is 4.07. The Hall–Kier alpha value is -2.25. The first kappa shape index (κ1) is 16.6. The Morgan fingerprint density at radius 3 is 2.38 bits per heavy atom. The van der Waals surface area contributed by atoms with Gasteiger partial charge in [-0.1, -0.05) is 30.3 Å². The van der Waals surface area contributed by atoms with Crippen molar-refractivity contribution in [3.63, 3.8) is 0 Å². The molecule has 6 nitrogen and oxygen atoms in total. The van der Waals surface area contributed by atoms with Crippen molar-refractivity contribution in [2.45, 2.75) is 31.6 Å². The average Bonchev–Trinajstić information content (AvgIpc) is 3.01. The molecule has 0 fully saturated rings. The first-order valence-corrected chi connectivity index (χ1v) is 9.39. The highest BCUT2D eigenvalue weighted by molar-refractivity contribution is 7.88. The fourth-order valence-electron chi connectivity index (χ4n) is 2.91. The van der Waals surface area contributed by atoms with Crippen LogP contribution >= 0.6 is 0 Å². The summed E-state index contributed by atoms with van der Waals surface area (Å²) in [4.78, 5) is 10.1. The summed E-state index contributed by atoms with van der Waals surface area (Å²) in [6.45, 7) is 0.253. The molecule has 0 atom stereocenters. The second-order valence-corrected chi connectivity index (χ2v) is 7.77. The van der Waals surface area contributed by atoms with Crippen molar-refractivity contribution in [1.82, 2.24) is 4.72 Å². The average molecular weight is 346 g/mol. The number of hydrogen-bond acceptors (Lipinski definition) is 4. The van der Waals surface area contributed by atoms with Crippen LogP contribution in [0.1, 0.15) is 28.7 Å². The van der Waals surface area contributed by atoms with E-state index in [-0.39, 0.29) is 18.0 Å². The third-order valence-corrected chi connectivity index (χ3v) is 5.46. The maximum atomic E-state index is 12.2. The number of nitrogens with one attached hydrogen (secondary N) is 1. The lowest BCUT2D eigenvalue weighted by Gasteiger charge is -2.08. The topological polar surface area (TPSA) is 89.3 Å². The monoisotopic (exact) mass is 346 g/mol. The number of non-ortho nitro benzene ring substituents is 1. The Labute approximate surface area is 140 Å². The molecule has 1 aliphatic rings. The molecule has 0 bridgehead atoms. The van der Waals surface area contributed by atoms with Crippen LogP contribution in [0.15, 0.2) is 42.5 Å². The molecule has 2 aromatic rings. The second-order valence-electron chi connectivity index (χ2n) is 5.96. The minimum absolute atomic E-state index is 0.0535. The van der Waals surface area contributed by atoms with Crippen LogP contribution in [0.3, 0.4) is 0 Å². The molecule has 2 aromatic carbocycles. The normalized spacial score (nSPS) is 13.7. The smallest absolute Gasteiger partial charge is 0.258 e. The molecule has 0 unspecified atom stereocenters. The van der Waals surface area contributed by atoms with Gasteiger partial charge in [0.2, 0.25) is 10.0 Å². The Kier molecular flexibility index (Phi) is 4.64. The molecule has 126 valence electrons. The molecule has 0 aliphatic heterocycles. The zero-order valence-electron chi connectivity index (χ0n) is 13.1. The van der Waals surface area contributed by atoms with E-state index >= 15 is 0 Å². The van der Waals surface area contributed by atoms with Crippen molar-refractivity contribution in [3.05, 3.63) is 74.8 Å². The highest BCUT2D eigenvalue weighted by Crippen LogP contribution is 2.23. The van der Waals surface area contributed by atoms with Gasteiger partial charge in [-0.05, 0) is 41.5 Å². The van der Waals surface area contributed by atoms with Crippen molar-refractivity contribution in [2.75, 3.05) is 0 Å². The fourth-order valence-corrected chi connectivity index (χ4v) is 4.03. The van der Waals surface area contributed by atoms with E-state index in [2.05, 4.69) is 16.9 Å². The summed E-state index contributed by atoms with van der Waals surface area (Å²) in [6, 6.07) is 11.6. The van der Waals surface area contributed by atoms with Gasteiger partial charge in [-0.15, -0.1) is 0 Å². The number of nitro benzene ring substituents is 1. The number of fused-ring (bicyclic) bond motifs is 1. The van der Waals surface area contributed by atoms with Gasteiger partial charge in [0.05, 0.1) is 10.7 Å². The van der Waals surface area contributed by atoms with Crippen LogP contribution in [-0.4, -0.2) is 13.3 Å². The predicted octanol–water partition coefficient (Wildman–Crippen LogP) is 2.70. The highest BCUT2D eigenvalue weighted by Gasteiger charge is 2.14. The van der Waals surface area contributed by atoms with Gasteiger partial charge in [0, 0.05) is 18.7 Å². The molecule has 0 radical (unpaired) electrons. The van der Waals surface area contributed by atoms with Crippen LogP contribution in [0.5, 0.6) is 0 Å². The third-order valence-electron chi connectivity index (χ3n) is 4.16. The van der Waals surface area contributed by atoms with Gasteiger partial charge in [-0.3, -0.25) is 10.1 Å². The minimum atomic E-state index is -3.50. The van der Waals surface area contributed by atoms with E-state index in [1.807, 2.05) is 6.07 Å². The van der Waals surface area contributed by atoms with Crippen molar-refractivity contribution in [2.24, 2.45) is 0 Å². The maximum absolute atomic E-state index is 12.2. The summed E-state index contributed by atoms with van der Waals surface area (Å²) in [6.07, 6.45) is 3.31. The number of nitrogens with zero attached hydrogens (tertiary/aromatic N) is 1. The SMILES string of the molecule is O=[N+]([O-])c1ccc(CS(=O)(=O)NCc2ccc3c(c2)CCC3)cc1. The standard InChI is InChI=1S/C17H18N2O4S/c20-19(21)17-8-5-13(6-9-17)12-24(22,23)18-11-14-4-7-15-2-1-3-16(15)10-14/h4-10,18H,1-3,11-12H2. The summed E-state index contributed by atoms with van der Waals surface area (Å²) < 4.78 is 27.0. The molecule has 3 rings (SSSR count). The van der Waals surface area contributed by atoms with Gasteiger partial charge < -0.3 is 0 Å². The molecule has 0 spiro atoms. The molecule has 7 heteroatoms. The molecular weight excluding hydrogens is 328 g/mol. The van der Waals surface area contributed by atoms with Crippen molar-refractivity contribution in [1.29, 1.82) is 0 Å². The number of nitro groups is 1. The lowest BCUT2D eigenvalue weighted by atomic mass is 10.1. The van der Waals surface area contributed by atoms with Crippen LogP contribution in [0.2, 0.25) is 0 Å². The van der Waals surface area contributed by atoms with Gasteiger partial charge in [0.25, 0.3) is 5.69 Å². The molecule has 0 saturated heterocycles. The molecule has 0 saturated carbocycles. The molecule has 1 aliphatic carbocycles. The zero-order chi connectivity index (χ0) is 17.2. The summed E-state index contributed by atoms with van der Waals surface area (Å²) in [7, 11) is -3.50. The quantitative estimate of drug-likeness (QED) is 0.643. The van der Waals surface area contributed by atoms with E-state index in [1.165, 1.54) is 35.4 Å². The summed E-state index contributed by atoms with van der Waals surface area (Å²) in [5, 5.41) is 10.6. The van der Waals surface area contributed by atoms with Crippen LogP contribution in [0.4, 0.5) is 5.69 Å². The number of benzene rings is 2. The van der Waals surface area contributed by atoms with Crippen molar-refractivity contribution < 1.29 is 13.3 Å².